The maximum absolute atomic E-state index is 13.4. The predicted molar refractivity (Wildman–Crippen MR) is 141 cm³/mol. The number of nitrogen functional groups attached to an aromatic ring is 1. The molecule has 2 aliphatic rings. The van der Waals surface area contributed by atoms with Crippen molar-refractivity contribution in [2.24, 2.45) is 11.5 Å². The second-order valence-electron chi connectivity index (χ2n) is 9.76. The summed E-state index contributed by atoms with van der Waals surface area (Å²) >= 11 is 0. The van der Waals surface area contributed by atoms with Crippen molar-refractivity contribution in [3.63, 3.8) is 0 Å². The molecule has 2 heterocycles. The molecule has 0 aromatic heterocycles. The first-order valence-electron chi connectivity index (χ1n) is 12.5. The molecule has 0 unspecified atom stereocenters. The van der Waals surface area contributed by atoms with Gasteiger partial charge in [-0.25, -0.2) is 4.79 Å². The normalized spacial score (nSPS) is 20.1. The Morgan fingerprint density at radius 2 is 1.76 bits per heavy atom. The molecule has 0 spiro atoms. The Morgan fingerprint density at radius 1 is 1.08 bits per heavy atom. The second kappa shape index (κ2) is 11.4. The summed E-state index contributed by atoms with van der Waals surface area (Å²) in [6, 6.07) is 13.8. The van der Waals surface area contributed by atoms with Gasteiger partial charge in [-0.2, -0.15) is 0 Å². The first-order chi connectivity index (χ1) is 18.2. The number of imide groups is 1. The van der Waals surface area contributed by atoms with Crippen molar-refractivity contribution in [3.05, 3.63) is 71.3 Å². The van der Waals surface area contributed by atoms with Crippen LogP contribution < -0.4 is 16.8 Å². The smallest absolute Gasteiger partial charge is 0.327 e. The minimum Gasteiger partial charge on any atom is -0.384 e. The van der Waals surface area contributed by atoms with Crippen LogP contribution in [0.4, 0.5) is 4.79 Å². The summed E-state index contributed by atoms with van der Waals surface area (Å²) in [4.78, 5) is 55.8. The molecule has 3 atom stereocenters. The number of amides is 5. The van der Waals surface area contributed by atoms with Crippen molar-refractivity contribution >= 4 is 29.6 Å². The molecule has 5 amide bonds. The van der Waals surface area contributed by atoms with Crippen molar-refractivity contribution in [2.45, 2.75) is 43.9 Å². The van der Waals surface area contributed by atoms with Gasteiger partial charge in [0.15, 0.2) is 0 Å². The summed E-state index contributed by atoms with van der Waals surface area (Å²) < 4.78 is 0. The van der Waals surface area contributed by atoms with E-state index < -0.39 is 24.2 Å². The van der Waals surface area contributed by atoms with Crippen LogP contribution in [0, 0.1) is 5.41 Å². The Bertz CT molecular complexity index is 1220. The zero-order valence-electron chi connectivity index (χ0n) is 21.3. The summed E-state index contributed by atoms with van der Waals surface area (Å²) in [6.45, 7) is 0.214. The molecule has 0 bridgehead atoms. The minimum atomic E-state index is -0.877. The standard InChI is InChI=1S/C27H33N7O4/c1-32-16-23(35)34(27(32)38)20-13-22(25(36)31-14-18-7-10-19(11-8-18)24(29)30)33(15-20)26(37)21(28)12-9-17-5-3-2-4-6-17/h2-8,10-11,20-22H,9,12-16,28H2,1H3,(H3,29,30)(H,31,36)/t20-,21+,22-/m0/s1. The Kier molecular flexibility index (Phi) is 8.06. The average molecular weight is 520 g/mol. The van der Waals surface area contributed by atoms with E-state index in [4.69, 9.17) is 16.9 Å². The van der Waals surface area contributed by atoms with Gasteiger partial charge in [0, 0.05) is 25.7 Å². The molecule has 0 aliphatic carbocycles. The predicted octanol–water partition coefficient (Wildman–Crippen LogP) is 0.410. The van der Waals surface area contributed by atoms with E-state index in [0.717, 1.165) is 16.0 Å². The molecule has 2 aromatic carbocycles. The number of benzene rings is 2. The maximum atomic E-state index is 13.4. The number of hydrogen-bond acceptors (Lipinski definition) is 6. The van der Waals surface area contributed by atoms with Crippen molar-refractivity contribution in [3.8, 4) is 0 Å². The van der Waals surface area contributed by atoms with E-state index >= 15 is 0 Å². The monoisotopic (exact) mass is 519 g/mol. The van der Waals surface area contributed by atoms with Gasteiger partial charge in [-0.05, 0) is 30.4 Å². The van der Waals surface area contributed by atoms with Gasteiger partial charge in [-0.3, -0.25) is 24.7 Å². The molecule has 38 heavy (non-hydrogen) atoms. The van der Waals surface area contributed by atoms with Crippen molar-refractivity contribution in [1.29, 1.82) is 5.41 Å². The van der Waals surface area contributed by atoms with Crippen LogP contribution in [0.2, 0.25) is 0 Å². The van der Waals surface area contributed by atoms with Crippen molar-refractivity contribution in [1.82, 2.24) is 20.0 Å². The van der Waals surface area contributed by atoms with Gasteiger partial charge in [-0.15, -0.1) is 0 Å². The molecule has 2 aliphatic heterocycles. The molecule has 4 rings (SSSR count). The zero-order chi connectivity index (χ0) is 27.4. The number of aryl methyl sites for hydroxylation is 1. The lowest BCUT2D eigenvalue weighted by atomic mass is 10.0. The third kappa shape index (κ3) is 5.83. The number of rotatable bonds is 9. The Balaban J connectivity index is 1.47. The van der Waals surface area contributed by atoms with Gasteiger partial charge < -0.3 is 26.6 Å². The van der Waals surface area contributed by atoms with Gasteiger partial charge in [0.1, 0.15) is 18.4 Å². The number of nitrogens with zero attached hydrogens (tertiary/aromatic N) is 3. The number of likely N-dealkylation sites (tertiary alicyclic amines) is 1. The van der Waals surface area contributed by atoms with Crippen LogP contribution in [0.1, 0.15) is 29.5 Å². The van der Waals surface area contributed by atoms with E-state index in [2.05, 4.69) is 5.32 Å². The molecule has 0 radical (unpaired) electrons. The van der Waals surface area contributed by atoms with E-state index in [-0.39, 0.29) is 49.6 Å². The summed E-state index contributed by atoms with van der Waals surface area (Å²) in [5, 5.41) is 10.4. The fraction of sp³-hybridized carbons (Fsp3) is 0.370. The first-order valence-corrected chi connectivity index (χ1v) is 12.5. The van der Waals surface area contributed by atoms with E-state index in [1.54, 1.807) is 31.3 Å². The van der Waals surface area contributed by atoms with Gasteiger partial charge in [0.2, 0.25) is 11.8 Å². The molecule has 11 heteroatoms. The molecule has 2 aromatic rings. The fourth-order valence-corrected chi connectivity index (χ4v) is 4.90. The number of carbonyl (C=O) groups excluding carboxylic acids is 4. The molecule has 2 fully saturated rings. The molecule has 11 nitrogen and oxygen atoms in total. The number of carbonyl (C=O) groups is 4. The molecule has 0 saturated carbocycles. The topological polar surface area (TPSA) is 166 Å². The van der Waals surface area contributed by atoms with Crippen LogP contribution in [0.25, 0.3) is 0 Å². The first kappa shape index (κ1) is 26.8. The fourth-order valence-electron chi connectivity index (χ4n) is 4.90. The molecule has 6 N–H and O–H groups in total. The highest BCUT2D eigenvalue weighted by molar-refractivity contribution is 6.02. The maximum Gasteiger partial charge on any atom is 0.327 e. The minimum absolute atomic E-state index is 0.0347. The number of likely N-dealkylation sites (N-methyl/N-ethyl adjacent to an activating group) is 1. The van der Waals surface area contributed by atoms with Crippen molar-refractivity contribution in [2.75, 3.05) is 20.1 Å². The highest BCUT2D eigenvalue weighted by Crippen LogP contribution is 2.27. The number of nitrogens with two attached hydrogens (primary N) is 2. The summed E-state index contributed by atoms with van der Waals surface area (Å²) in [6.07, 6.45) is 1.13. The molecular formula is C27H33N7O4. The summed E-state index contributed by atoms with van der Waals surface area (Å²) in [5.41, 5.74) is 14.2. The van der Waals surface area contributed by atoms with E-state index in [0.29, 0.717) is 18.4 Å². The van der Waals surface area contributed by atoms with E-state index in [1.807, 2.05) is 30.3 Å². The lowest BCUT2D eigenvalue weighted by molar-refractivity contribution is -0.139. The molecule has 2 saturated heterocycles. The van der Waals surface area contributed by atoms with Gasteiger partial charge in [0.05, 0.1) is 12.1 Å². The number of hydrogen-bond donors (Lipinski definition) is 4. The lowest BCUT2D eigenvalue weighted by Gasteiger charge is -2.27. The van der Waals surface area contributed by atoms with Gasteiger partial charge in [-0.1, -0.05) is 54.6 Å². The van der Waals surface area contributed by atoms with Crippen LogP contribution in [0.5, 0.6) is 0 Å². The third-order valence-electron chi connectivity index (χ3n) is 7.04. The van der Waals surface area contributed by atoms with Crippen LogP contribution >= 0.6 is 0 Å². The Morgan fingerprint density at radius 3 is 2.37 bits per heavy atom. The SMILES string of the molecule is CN1CC(=O)N([C@H]2C[C@@H](C(=O)NCc3ccc(C(=N)N)cc3)N(C(=O)[C@H](N)CCc3ccccc3)C2)C1=O. The number of nitrogens with one attached hydrogen (secondary N) is 2. The third-order valence-corrected chi connectivity index (χ3v) is 7.04. The highest BCUT2D eigenvalue weighted by Gasteiger charge is 2.48. The Hall–Kier alpha value is -4.25. The largest absolute Gasteiger partial charge is 0.384 e. The van der Waals surface area contributed by atoms with E-state index in [1.165, 1.54) is 9.80 Å². The summed E-state index contributed by atoms with van der Waals surface area (Å²) in [5.74, 6) is -1.18. The van der Waals surface area contributed by atoms with Crippen molar-refractivity contribution < 1.29 is 19.2 Å². The highest BCUT2D eigenvalue weighted by atomic mass is 16.2. The van der Waals surface area contributed by atoms with Gasteiger partial charge in [0.25, 0.3) is 5.91 Å². The van der Waals surface area contributed by atoms with Crippen LogP contribution in [-0.2, 0) is 27.3 Å². The van der Waals surface area contributed by atoms with E-state index in [9.17, 15) is 19.2 Å². The van der Waals surface area contributed by atoms with Crippen LogP contribution in [0.15, 0.2) is 54.6 Å². The number of urea groups is 1. The summed E-state index contributed by atoms with van der Waals surface area (Å²) in [7, 11) is 1.54. The average Bonchev–Trinajstić information content (AvgIpc) is 3.45. The Labute approximate surface area is 221 Å². The van der Waals surface area contributed by atoms with Crippen LogP contribution in [0.3, 0.4) is 0 Å². The molecule has 200 valence electrons. The quantitative estimate of drug-likeness (QED) is 0.213. The number of amidine groups is 1. The lowest BCUT2D eigenvalue weighted by Crippen LogP contribution is -2.51. The second-order valence-corrected chi connectivity index (χ2v) is 9.76. The molecular weight excluding hydrogens is 486 g/mol. The van der Waals surface area contributed by atoms with Gasteiger partial charge >= 0.3 is 6.03 Å². The van der Waals surface area contributed by atoms with Crippen LogP contribution in [-0.4, -0.2) is 82.6 Å². The zero-order valence-corrected chi connectivity index (χ0v) is 21.3.